The Morgan fingerprint density at radius 2 is 1.06 bits per heavy atom. The predicted molar refractivity (Wildman–Crippen MR) is 210 cm³/mol. The van der Waals surface area contributed by atoms with E-state index < -0.39 is 0 Å². The number of hydrogen-bond donors (Lipinski definition) is 0. The first-order valence-corrected chi connectivity index (χ1v) is 17.6. The van der Waals surface area contributed by atoms with Crippen LogP contribution >= 0.6 is 11.3 Å². The highest BCUT2D eigenvalue weighted by atomic mass is 32.1. The Bertz CT molecular complexity index is 2960. The summed E-state index contributed by atoms with van der Waals surface area (Å²) in [5.41, 5.74) is 12.2. The molecule has 3 heterocycles. The molecule has 0 radical (unpaired) electrons. The van der Waals surface area contributed by atoms with Gasteiger partial charge in [-0.25, -0.2) is 0 Å². The van der Waals surface area contributed by atoms with Crippen molar-refractivity contribution in [3.05, 3.63) is 170 Å². The van der Waals surface area contributed by atoms with Gasteiger partial charge in [0.2, 0.25) is 0 Å². The summed E-state index contributed by atoms with van der Waals surface area (Å²) >= 11 is 1.88. The summed E-state index contributed by atoms with van der Waals surface area (Å²) < 4.78 is 5.10. The summed E-state index contributed by atoms with van der Waals surface area (Å²) in [6, 6.07) is 62.5. The van der Waals surface area contributed by atoms with Gasteiger partial charge in [-0.1, -0.05) is 121 Å². The minimum Gasteiger partial charge on any atom is -0.305 e. The van der Waals surface area contributed by atoms with Crippen molar-refractivity contribution in [1.29, 1.82) is 0 Å². The number of rotatable bonds is 3. The van der Waals surface area contributed by atoms with Crippen molar-refractivity contribution in [1.82, 2.24) is 4.57 Å². The highest BCUT2D eigenvalue weighted by Crippen LogP contribution is 2.53. The summed E-state index contributed by atoms with van der Waals surface area (Å²) in [5, 5.41) is 7.68. The summed E-state index contributed by atoms with van der Waals surface area (Å²) in [6.45, 7) is 0. The van der Waals surface area contributed by atoms with Gasteiger partial charge in [0, 0.05) is 26.2 Å². The molecule has 2 aromatic heterocycles. The van der Waals surface area contributed by atoms with Crippen LogP contribution in [0.5, 0.6) is 0 Å². The maximum atomic E-state index is 2.52. The Morgan fingerprint density at radius 3 is 2.00 bits per heavy atom. The van der Waals surface area contributed by atoms with Gasteiger partial charge in [-0.15, -0.1) is 11.3 Å². The molecule has 0 saturated heterocycles. The van der Waals surface area contributed by atoms with Crippen LogP contribution in [0.25, 0.3) is 80.7 Å². The fourth-order valence-corrected chi connectivity index (χ4v) is 9.35. The largest absolute Gasteiger partial charge is 0.305 e. The fraction of sp³-hybridized carbons (Fsp3) is 0. The lowest BCUT2D eigenvalue weighted by atomic mass is 9.94. The van der Waals surface area contributed by atoms with Crippen molar-refractivity contribution in [3.63, 3.8) is 0 Å². The summed E-state index contributed by atoms with van der Waals surface area (Å²) in [4.78, 5) is 2.52. The van der Waals surface area contributed by atoms with Crippen molar-refractivity contribution < 1.29 is 0 Å². The van der Waals surface area contributed by atoms with E-state index in [4.69, 9.17) is 0 Å². The zero-order chi connectivity index (χ0) is 32.1. The van der Waals surface area contributed by atoms with E-state index in [-0.39, 0.29) is 0 Å². The Hall–Kier alpha value is -6.16. The third-order valence-electron chi connectivity index (χ3n) is 10.3. The minimum atomic E-state index is 1.18. The Balaban J connectivity index is 1.22. The van der Waals surface area contributed by atoms with E-state index in [0.29, 0.717) is 0 Å². The van der Waals surface area contributed by atoms with Crippen LogP contribution < -0.4 is 4.90 Å². The topological polar surface area (TPSA) is 8.17 Å². The second kappa shape index (κ2) is 10.2. The Labute approximate surface area is 287 Å². The van der Waals surface area contributed by atoms with Crippen molar-refractivity contribution >= 4 is 81.1 Å². The minimum absolute atomic E-state index is 1.18. The molecule has 10 aromatic rings. The maximum Gasteiger partial charge on any atom is 0.0783 e. The SMILES string of the molecule is c1cc(-c2cc3c4c(c2)c2ccccc2n4-c2ccccc2N3c2cccc3c2sc2ccccc23)cc(-c2cccc3ccccc23)c1. The monoisotopic (exact) mass is 640 g/mol. The molecule has 8 aromatic carbocycles. The van der Waals surface area contributed by atoms with E-state index in [2.05, 4.69) is 179 Å². The average molecular weight is 641 g/mol. The molecule has 49 heavy (non-hydrogen) atoms. The number of nitrogens with zero attached hydrogens (tertiary/aromatic N) is 2. The van der Waals surface area contributed by atoms with E-state index in [1.807, 2.05) is 11.3 Å². The van der Waals surface area contributed by atoms with Crippen LogP contribution in [0.3, 0.4) is 0 Å². The van der Waals surface area contributed by atoms with Gasteiger partial charge in [-0.05, 0) is 81.6 Å². The molecule has 0 spiro atoms. The molecule has 228 valence electrons. The summed E-state index contributed by atoms with van der Waals surface area (Å²) in [5.74, 6) is 0. The molecule has 0 unspecified atom stereocenters. The summed E-state index contributed by atoms with van der Waals surface area (Å²) in [6.07, 6.45) is 0. The molecule has 0 atom stereocenters. The number of aromatic nitrogens is 1. The number of benzene rings is 8. The zero-order valence-corrected chi connectivity index (χ0v) is 27.3. The molecular formula is C46H28N2S. The molecule has 3 heteroatoms. The molecule has 0 fully saturated rings. The van der Waals surface area contributed by atoms with Crippen LogP contribution in [0, 0.1) is 0 Å². The van der Waals surface area contributed by atoms with Crippen LogP contribution in [-0.4, -0.2) is 4.57 Å². The highest BCUT2D eigenvalue weighted by molar-refractivity contribution is 7.26. The zero-order valence-electron chi connectivity index (χ0n) is 26.5. The van der Waals surface area contributed by atoms with Gasteiger partial charge in [-0.2, -0.15) is 0 Å². The highest BCUT2D eigenvalue weighted by Gasteiger charge is 2.30. The lowest BCUT2D eigenvalue weighted by molar-refractivity contribution is 1.12. The van der Waals surface area contributed by atoms with Gasteiger partial charge in [-0.3, -0.25) is 0 Å². The fourth-order valence-electron chi connectivity index (χ4n) is 8.15. The lowest BCUT2D eigenvalue weighted by Gasteiger charge is -2.33. The molecule has 2 nitrogen and oxygen atoms in total. The molecular weight excluding hydrogens is 613 g/mol. The van der Waals surface area contributed by atoms with Crippen LogP contribution in [0.1, 0.15) is 0 Å². The normalized spacial score (nSPS) is 12.4. The standard InChI is InChI=1S/C46H28N2S/c1-2-16-33-29(12-1)13-10-19-34(33)31-15-9-14-30(26-31)32-27-38-35-17-3-5-21-39(35)48-41-23-7-6-22-40(41)47(43(28-32)45(38)48)42-24-11-20-37-36-18-4-8-25-44(36)49-46(37)42/h1-28H. The van der Waals surface area contributed by atoms with Crippen LogP contribution in [0.15, 0.2) is 170 Å². The number of para-hydroxylation sites is 3. The van der Waals surface area contributed by atoms with E-state index in [1.54, 1.807) is 0 Å². The number of thiophene rings is 1. The Morgan fingerprint density at radius 1 is 0.388 bits per heavy atom. The van der Waals surface area contributed by atoms with Gasteiger partial charge in [0.05, 0.1) is 38.5 Å². The molecule has 0 saturated carbocycles. The number of hydrogen-bond acceptors (Lipinski definition) is 2. The van der Waals surface area contributed by atoms with Crippen molar-refractivity contribution in [2.24, 2.45) is 0 Å². The van der Waals surface area contributed by atoms with Crippen molar-refractivity contribution in [2.45, 2.75) is 0 Å². The van der Waals surface area contributed by atoms with Crippen LogP contribution in [0.4, 0.5) is 17.1 Å². The lowest BCUT2D eigenvalue weighted by Crippen LogP contribution is -2.18. The van der Waals surface area contributed by atoms with E-state index in [9.17, 15) is 0 Å². The first-order chi connectivity index (χ1) is 24.3. The molecule has 0 bridgehead atoms. The van der Waals surface area contributed by atoms with Gasteiger partial charge in [0.25, 0.3) is 0 Å². The van der Waals surface area contributed by atoms with Gasteiger partial charge >= 0.3 is 0 Å². The van der Waals surface area contributed by atoms with E-state index in [1.165, 1.54) is 97.8 Å². The first-order valence-electron chi connectivity index (χ1n) is 16.8. The van der Waals surface area contributed by atoms with Crippen LogP contribution in [0.2, 0.25) is 0 Å². The third kappa shape index (κ3) is 3.82. The quantitative estimate of drug-likeness (QED) is 0.187. The molecule has 1 aliphatic heterocycles. The van der Waals surface area contributed by atoms with Gasteiger partial charge in [0.15, 0.2) is 0 Å². The summed E-state index contributed by atoms with van der Waals surface area (Å²) in [7, 11) is 0. The predicted octanol–water partition coefficient (Wildman–Crippen LogP) is 13.4. The van der Waals surface area contributed by atoms with Crippen molar-refractivity contribution in [2.75, 3.05) is 4.90 Å². The average Bonchev–Trinajstić information content (AvgIpc) is 3.72. The second-order valence-electron chi connectivity index (χ2n) is 12.9. The van der Waals surface area contributed by atoms with Gasteiger partial charge in [0.1, 0.15) is 0 Å². The van der Waals surface area contributed by atoms with Gasteiger partial charge < -0.3 is 9.47 Å². The molecule has 0 amide bonds. The van der Waals surface area contributed by atoms with Crippen LogP contribution in [-0.2, 0) is 0 Å². The molecule has 1 aliphatic rings. The first kappa shape index (κ1) is 26.9. The second-order valence-corrected chi connectivity index (χ2v) is 14.0. The van der Waals surface area contributed by atoms with E-state index in [0.717, 1.165) is 0 Å². The molecule has 11 rings (SSSR count). The maximum absolute atomic E-state index is 2.52. The Kier molecular flexibility index (Phi) is 5.57. The van der Waals surface area contributed by atoms with Crippen molar-refractivity contribution in [3.8, 4) is 27.9 Å². The number of anilines is 3. The van der Waals surface area contributed by atoms with E-state index >= 15 is 0 Å². The third-order valence-corrected chi connectivity index (χ3v) is 11.5. The molecule has 0 N–H and O–H groups in total. The smallest absolute Gasteiger partial charge is 0.0783 e. The number of fused-ring (bicyclic) bond motifs is 9. The molecule has 0 aliphatic carbocycles.